The van der Waals surface area contributed by atoms with Gasteiger partial charge in [0.25, 0.3) is 15.9 Å². The number of nitrogens with one attached hydrogen (secondary N) is 2. The number of sulfonamides is 1. The fourth-order valence-corrected chi connectivity index (χ4v) is 3.99. The van der Waals surface area contributed by atoms with Crippen molar-refractivity contribution < 1.29 is 39.6 Å². The van der Waals surface area contributed by atoms with Crippen LogP contribution in [0.25, 0.3) is 0 Å². The minimum Gasteiger partial charge on any atom is -0.326 e. The number of hydrogen-bond acceptors (Lipinski definition) is 3. The molecular formula is C23H24F6N2O3S. The van der Waals surface area contributed by atoms with E-state index in [9.17, 15) is 39.6 Å². The minimum atomic E-state index is -4.85. The van der Waals surface area contributed by atoms with Crippen molar-refractivity contribution in [1.82, 2.24) is 5.32 Å². The molecule has 0 aliphatic carbocycles. The molecule has 2 aromatic rings. The predicted octanol–water partition coefficient (Wildman–Crippen LogP) is 6.39. The lowest BCUT2D eigenvalue weighted by Crippen LogP contribution is -2.25. The zero-order valence-electron chi connectivity index (χ0n) is 19.1. The molecular weight excluding hydrogens is 498 g/mol. The Morgan fingerprint density at radius 2 is 1.46 bits per heavy atom. The molecule has 5 nitrogen and oxygen atoms in total. The highest BCUT2D eigenvalue weighted by Crippen LogP contribution is 2.33. The van der Waals surface area contributed by atoms with E-state index in [-0.39, 0.29) is 16.0 Å². The van der Waals surface area contributed by atoms with Crippen molar-refractivity contribution in [2.24, 2.45) is 0 Å². The third kappa shape index (κ3) is 8.01. The molecule has 1 amide bonds. The molecule has 2 N–H and O–H groups in total. The number of carbonyl (C=O) groups excluding carboxylic acids is 1. The smallest absolute Gasteiger partial charge is 0.326 e. The monoisotopic (exact) mass is 522 g/mol. The molecule has 0 radical (unpaired) electrons. The second-order valence-electron chi connectivity index (χ2n) is 8.81. The average Bonchev–Trinajstić information content (AvgIpc) is 2.70. The number of hydrogen-bond donors (Lipinski definition) is 2. The highest BCUT2D eigenvalue weighted by atomic mass is 32.2. The van der Waals surface area contributed by atoms with Crippen LogP contribution in [0.3, 0.4) is 0 Å². The molecule has 35 heavy (non-hydrogen) atoms. The lowest BCUT2D eigenvalue weighted by atomic mass is 9.87. The van der Waals surface area contributed by atoms with Crippen LogP contribution in [-0.2, 0) is 21.6 Å². The van der Waals surface area contributed by atoms with Gasteiger partial charge in [0.2, 0.25) is 0 Å². The van der Waals surface area contributed by atoms with Gasteiger partial charge in [-0.15, -0.1) is 0 Å². The minimum absolute atomic E-state index is 0.260. The summed E-state index contributed by atoms with van der Waals surface area (Å²) in [7, 11) is -4.42. The topological polar surface area (TPSA) is 75.3 Å². The Hall–Kier alpha value is -3.02. The van der Waals surface area contributed by atoms with Gasteiger partial charge in [-0.05, 0) is 47.7 Å². The fraction of sp³-hybridized carbons (Fsp3) is 0.348. The summed E-state index contributed by atoms with van der Waals surface area (Å²) in [6.45, 7) is 9.03. The molecule has 0 unspecified atom stereocenters. The van der Waals surface area contributed by atoms with Gasteiger partial charge in [-0.2, -0.15) is 26.3 Å². The molecule has 0 aliphatic heterocycles. The van der Waals surface area contributed by atoms with Crippen LogP contribution in [0.15, 0.2) is 59.6 Å². The largest absolute Gasteiger partial charge is 0.416 e. The zero-order valence-corrected chi connectivity index (χ0v) is 19.9. The Kier molecular flexibility index (Phi) is 8.00. The first kappa shape index (κ1) is 28.2. The summed E-state index contributed by atoms with van der Waals surface area (Å²) in [5, 5.41) is 2.07. The molecule has 0 saturated carbocycles. The van der Waals surface area contributed by atoms with Crippen LogP contribution >= 0.6 is 0 Å². The van der Waals surface area contributed by atoms with Gasteiger partial charge in [0, 0.05) is 12.1 Å². The molecule has 192 valence electrons. The van der Waals surface area contributed by atoms with Crippen LogP contribution in [-0.4, -0.2) is 20.5 Å². The van der Waals surface area contributed by atoms with Crippen molar-refractivity contribution in [3.05, 3.63) is 71.4 Å². The maximum atomic E-state index is 13.2. The summed E-state index contributed by atoms with van der Waals surface area (Å²) in [6, 6.07) is 7.38. The van der Waals surface area contributed by atoms with E-state index in [0.717, 1.165) is 11.6 Å². The first-order valence-electron chi connectivity index (χ1n) is 10.2. The van der Waals surface area contributed by atoms with E-state index in [1.165, 1.54) is 12.1 Å². The van der Waals surface area contributed by atoms with E-state index in [1.54, 1.807) is 12.1 Å². The first-order valence-corrected chi connectivity index (χ1v) is 11.7. The van der Waals surface area contributed by atoms with Crippen LogP contribution in [0.4, 0.5) is 32.0 Å². The van der Waals surface area contributed by atoms with Crippen LogP contribution in [0.1, 0.15) is 55.1 Å². The maximum Gasteiger partial charge on any atom is 0.416 e. The number of anilines is 1. The number of halogens is 6. The molecule has 0 saturated heterocycles. The summed E-state index contributed by atoms with van der Waals surface area (Å²) < 4.78 is 105. The molecule has 0 spiro atoms. The van der Waals surface area contributed by atoms with Crippen molar-refractivity contribution >= 4 is 21.6 Å². The van der Waals surface area contributed by atoms with Crippen LogP contribution in [0.5, 0.6) is 0 Å². The number of allylic oxidation sites excluding steroid dienone is 1. The van der Waals surface area contributed by atoms with Gasteiger partial charge in [-0.3, -0.25) is 9.52 Å². The Labute approximate surface area is 199 Å². The lowest BCUT2D eigenvalue weighted by Gasteiger charge is -2.19. The number of amides is 1. The van der Waals surface area contributed by atoms with E-state index in [2.05, 4.69) is 11.9 Å². The molecule has 0 aliphatic rings. The number of benzene rings is 2. The van der Waals surface area contributed by atoms with Gasteiger partial charge in [0.1, 0.15) is 0 Å². The third-order valence-corrected chi connectivity index (χ3v) is 6.25. The highest BCUT2D eigenvalue weighted by molar-refractivity contribution is 7.92. The van der Waals surface area contributed by atoms with Crippen LogP contribution < -0.4 is 10.0 Å². The van der Waals surface area contributed by atoms with E-state index >= 15 is 0 Å². The van der Waals surface area contributed by atoms with Crippen molar-refractivity contribution in [1.29, 1.82) is 0 Å². The zero-order chi connectivity index (χ0) is 26.8. The fourth-order valence-electron chi connectivity index (χ4n) is 2.92. The van der Waals surface area contributed by atoms with E-state index < -0.39 is 57.9 Å². The molecule has 2 aromatic carbocycles. The summed E-state index contributed by atoms with van der Waals surface area (Å²) in [5.74, 6) is -1.12. The van der Waals surface area contributed by atoms with Crippen molar-refractivity contribution in [3.63, 3.8) is 0 Å². The molecule has 0 aromatic heterocycles. The third-order valence-electron chi connectivity index (χ3n) is 4.87. The SMILES string of the molecule is C=C(CCC(F)(F)F)NC(=O)c1ccc(C(F)(F)F)cc1NS(=O)(=O)c1ccc(C(C)(C)C)cc1. The number of alkyl halides is 6. The van der Waals surface area contributed by atoms with Gasteiger partial charge >= 0.3 is 12.4 Å². The Morgan fingerprint density at radius 3 is 1.94 bits per heavy atom. The summed E-state index contributed by atoms with van der Waals surface area (Å²) >= 11 is 0. The molecule has 12 heteroatoms. The van der Waals surface area contributed by atoms with E-state index in [4.69, 9.17) is 0 Å². The molecule has 0 heterocycles. The Morgan fingerprint density at radius 1 is 0.914 bits per heavy atom. The predicted molar refractivity (Wildman–Crippen MR) is 119 cm³/mol. The van der Waals surface area contributed by atoms with Crippen molar-refractivity contribution in [3.8, 4) is 0 Å². The van der Waals surface area contributed by atoms with Crippen molar-refractivity contribution in [2.75, 3.05) is 4.72 Å². The maximum absolute atomic E-state index is 13.2. The van der Waals surface area contributed by atoms with E-state index in [0.29, 0.717) is 12.1 Å². The number of rotatable bonds is 7. The summed E-state index contributed by atoms with van der Waals surface area (Å²) in [5.41, 5.74) is -2.25. The average molecular weight is 523 g/mol. The van der Waals surface area contributed by atoms with Gasteiger partial charge in [-0.25, -0.2) is 8.42 Å². The molecule has 0 bridgehead atoms. The van der Waals surface area contributed by atoms with Gasteiger partial charge in [0.15, 0.2) is 0 Å². The molecule has 0 atom stereocenters. The van der Waals surface area contributed by atoms with Crippen LogP contribution in [0.2, 0.25) is 0 Å². The van der Waals surface area contributed by atoms with Gasteiger partial charge < -0.3 is 5.32 Å². The normalized spacial score (nSPS) is 12.8. The standard InChI is InChI=1S/C23H24F6N2O3S/c1-14(11-12-22(24,25)26)30-20(32)18-10-7-16(23(27,28)29)13-19(18)31-35(33,34)17-8-5-15(6-9-17)21(2,3)4/h5-10,13,31H,1,11-12H2,2-4H3,(H,30,32). The Balaban J connectivity index is 2.40. The summed E-state index contributed by atoms with van der Waals surface area (Å²) in [4.78, 5) is 12.3. The highest BCUT2D eigenvalue weighted by Gasteiger charge is 2.33. The quantitative estimate of drug-likeness (QED) is 0.414. The van der Waals surface area contributed by atoms with Gasteiger partial charge in [0.05, 0.1) is 21.7 Å². The lowest BCUT2D eigenvalue weighted by molar-refractivity contribution is -0.137. The summed E-state index contributed by atoms with van der Waals surface area (Å²) in [6.07, 6.45) is -11.3. The second kappa shape index (κ2) is 9.92. The Bertz CT molecular complexity index is 1200. The van der Waals surface area contributed by atoms with Crippen molar-refractivity contribution in [2.45, 2.75) is 56.3 Å². The molecule has 2 rings (SSSR count). The van der Waals surface area contributed by atoms with E-state index in [1.807, 2.05) is 25.5 Å². The first-order chi connectivity index (χ1) is 15.8. The van der Waals surface area contributed by atoms with Crippen LogP contribution in [0, 0.1) is 0 Å². The van der Waals surface area contributed by atoms with Gasteiger partial charge in [-0.1, -0.05) is 39.5 Å². The molecule has 0 fully saturated rings. The number of carbonyl (C=O) groups is 1. The second-order valence-corrected chi connectivity index (χ2v) is 10.5.